The number of rotatable bonds is 19. The molecule has 17 heteroatoms. The van der Waals surface area contributed by atoms with Crippen molar-refractivity contribution in [2.75, 3.05) is 53.7 Å². The molecule has 2 aliphatic heterocycles. The lowest BCUT2D eigenvalue weighted by molar-refractivity contribution is -0.152. The Balaban J connectivity index is 0.000000298. The van der Waals surface area contributed by atoms with E-state index in [1.54, 1.807) is 25.7 Å². The van der Waals surface area contributed by atoms with Gasteiger partial charge in [0.1, 0.15) is 23.7 Å². The van der Waals surface area contributed by atoms with Crippen molar-refractivity contribution in [1.82, 2.24) is 15.1 Å². The Morgan fingerprint density at radius 3 is 1.49 bits per heavy atom. The number of carbonyl (C=O) groups is 5. The van der Waals surface area contributed by atoms with Crippen molar-refractivity contribution in [2.24, 2.45) is 17.6 Å². The first-order valence-electron chi connectivity index (χ1n) is 24.3. The standard InChI is InChI=1S/C28H42N2O7.C23H34N2O5.ClH/c1-28(2,3)37-27(33)29-24(21-13-9-6-10-14-21)25(31)30-18-22(17-23(30)26(32)34-4)36-16-15-35-19-20-11-7-5-8-12-20;1-28-23(27)20-14-19(30-13-12-29-16-17-8-4-2-5-9-17)15-25(20)22(26)21(24)18-10-6-3-7-11-18;/h5,7-8,11-12,21-24H,6,9-10,13-19H2,1-4H3,(H,29,33);2,4-5,8-9,18-21H,3,6-7,10-16,24H2,1H3;1H/t22-,23+,24+;19-,20+,21+;/m11./s1. The van der Waals surface area contributed by atoms with Crippen molar-refractivity contribution in [3.8, 4) is 0 Å². The third-order valence-electron chi connectivity index (χ3n) is 12.9. The van der Waals surface area contributed by atoms with E-state index in [1.807, 2.05) is 60.7 Å². The van der Waals surface area contributed by atoms with Crippen LogP contribution in [0, 0.1) is 11.8 Å². The SMILES string of the molecule is COC(=O)[C@@H]1C[C@@H](OCCOCc2ccccc2)CN1C(=O)[C@@H](N)C1CCCCC1.COC(=O)[C@@H]1C[C@@H](OCCOCc2ccccc2)CN1C(=O)[C@@H](NC(=O)OC(C)(C)C)C1CCCCC1.Cl. The van der Waals surface area contributed by atoms with Crippen molar-refractivity contribution in [3.63, 3.8) is 0 Å². The van der Waals surface area contributed by atoms with E-state index in [-0.39, 0.29) is 54.8 Å². The fraction of sp³-hybridized carbons (Fsp3) is 0.667. The molecule has 4 fully saturated rings. The van der Waals surface area contributed by atoms with E-state index in [4.69, 9.17) is 38.9 Å². The summed E-state index contributed by atoms with van der Waals surface area (Å²) in [7, 11) is 2.66. The number of benzene rings is 2. The van der Waals surface area contributed by atoms with Crippen LogP contribution in [0.15, 0.2) is 60.7 Å². The number of esters is 2. The van der Waals surface area contributed by atoms with Gasteiger partial charge in [0.25, 0.3) is 0 Å². The van der Waals surface area contributed by atoms with Crippen LogP contribution < -0.4 is 11.1 Å². The number of ether oxygens (including phenoxy) is 7. The predicted molar refractivity (Wildman–Crippen MR) is 257 cm³/mol. The van der Waals surface area contributed by atoms with Crippen LogP contribution in [0.1, 0.15) is 109 Å². The second-order valence-electron chi connectivity index (χ2n) is 19.0. The first-order valence-corrected chi connectivity index (χ1v) is 24.3. The molecule has 0 bridgehead atoms. The quantitative estimate of drug-likeness (QED) is 0.0878. The van der Waals surface area contributed by atoms with E-state index in [2.05, 4.69) is 5.32 Å². The van der Waals surface area contributed by atoms with E-state index in [0.29, 0.717) is 59.0 Å². The van der Waals surface area contributed by atoms with Gasteiger partial charge in [-0.2, -0.15) is 0 Å². The van der Waals surface area contributed by atoms with E-state index >= 15 is 0 Å². The molecule has 0 spiro atoms. The second kappa shape index (κ2) is 29.0. The van der Waals surface area contributed by atoms with Crippen molar-refractivity contribution >= 4 is 42.3 Å². The summed E-state index contributed by atoms with van der Waals surface area (Å²) in [5.74, 6) is -1.18. The minimum absolute atomic E-state index is 0. The van der Waals surface area contributed by atoms with Gasteiger partial charge in [-0.1, -0.05) is 99.2 Å². The zero-order chi connectivity index (χ0) is 48.2. The maximum absolute atomic E-state index is 13.8. The number of amides is 3. The number of carbonyl (C=O) groups excluding carboxylic acids is 5. The first-order chi connectivity index (χ1) is 32.3. The number of alkyl carbamates (subject to hydrolysis) is 1. The van der Waals surface area contributed by atoms with E-state index in [9.17, 15) is 24.0 Å². The summed E-state index contributed by atoms with van der Waals surface area (Å²) in [6.45, 7) is 8.56. The molecule has 2 aliphatic carbocycles. The molecule has 16 nitrogen and oxygen atoms in total. The van der Waals surface area contributed by atoms with Gasteiger partial charge < -0.3 is 54.0 Å². The number of methoxy groups -OCH3 is 2. The highest BCUT2D eigenvalue weighted by Crippen LogP contribution is 2.32. The molecule has 6 atom stereocenters. The summed E-state index contributed by atoms with van der Waals surface area (Å²) in [6, 6.07) is 17.1. The van der Waals surface area contributed by atoms with Crippen LogP contribution in [0.3, 0.4) is 0 Å². The average Bonchev–Trinajstić information content (AvgIpc) is 3.98. The third kappa shape index (κ3) is 17.9. The first kappa shape index (κ1) is 56.3. The normalized spacial score (nSPS) is 21.9. The minimum atomic E-state index is -0.768. The number of nitrogens with one attached hydrogen (secondary N) is 1. The van der Waals surface area contributed by atoms with Crippen LogP contribution >= 0.6 is 12.4 Å². The monoisotopic (exact) mass is 973 g/mol. The van der Waals surface area contributed by atoms with E-state index in [0.717, 1.165) is 68.9 Å². The second-order valence-corrected chi connectivity index (χ2v) is 19.0. The van der Waals surface area contributed by atoms with Gasteiger partial charge in [-0.05, 0) is 69.4 Å². The van der Waals surface area contributed by atoms with Gasteiger partial charge >= 0.3 is 18.0 Å². The summed E-state index contributed by atoms with van der Waals surface area (Å²) in [4.78, 5) is 67.5. The van der Waals surface area contributed by atoms with Gasteiger partial charge in [0.15, 0.2) is 0 Å². The fourth-order valence-electron chi connectivity index (χ4n) is 9.47. The fourth-order valence-corrected chi connectivity index (χ4v) is 9.47. The summed E-state index contributed by atoms with van der Waals surface area (Å²) >= 11 is 0. The van der Waals surface area contributed by atoms with Gasteiger partial charge in [-0.25, -0.2) is 14.4 Å². The number of halogens is 1. The Hall–Kier alpha value is -4.32. The lowest BCUT2D eigenvalue weighted by Crippen LogP contribution is -2.55. The molecule has 3 amide bonds. The highest BCUT2D eigenvalue weighted by atomic mass is 35.5. The molecule has 0 radical (unpaired) electrons. The van der Waals surface area contributed by atoms with Gasteiger partial charge in [0.05, 0.1) is 72.1 Å². The van der Waals surface area contributed by atoms with Crippen LogP contribution in [0.25, 0.3) is 0 Å². The lowest BCUT2D eigenvalue weighted by Gasteiger charge is -2.34. The summed E-state index contributed by atoms with van der Waals surface area (Å²) in [5.41, 5.74) is 7.81. The maximum Gasteiger partial charge on any atom is 0.408 e. The lowest BCUT2D eigenvalue weighted by atomic mass is 9.83. The molecule has 380 valence electrons. The Bertz CT molecular complexity index is 1830. The van der Waals surface area contributed by atoms with Crippen molar-refractivity contribution in [1.29, 1.82) is 0 Å². The maximum atomic E-state index is 13.8. The predicted octanol–water partition coefficient (Wildman–Crippen LogP) is 6.53. The molecular formula is C51H77ClN4O12. The van der Waals surface area contributed by atoms with Crippen molar-refractivity contribution in [2.45, 2.75) is 153 Å². The Morgan fingerprint density at radius 1 is 0.632 bits per heavy atom. The molecule has 0 aromatic heterocycles. The zero-order valence-corrected chi connectivity index (χ0v) is 41.6. The van der Waals surface area contributed by atoms with Crippen molar-refractivity contribution in [3.05, 3.63) is 71.8 Å². The minimum Gasteiger partial charge on any atom is -0.467 e. The molecule has 3 N–H and O–H groups in total. The Kier molecular flexibility index (Phi) is 24.0. The number of nitrogens with zero attached hydrogens (tertiary/aromatic N) is 2. The summed E-state index contributed by atoms with van der Waals surface area (Å²) in [6.07, 6.45) is 9.73. The van der Waals surface area contributed by atoms with Gasteiger partial charge in [0.2, 0.25) is 11.8 Å². The molecule has 2 aromatic rings. The summed E-state index contributed by atoms with van der Waals surface area (Å²) < 4.78 is 38.6. The number of hydrogen-bond acceptors (Lipinski definition) is 13. The van der Waals surface area contributed by atoms with Gasteiger partial charge in [0, 0.05) is 25.9 Å². The molecule has 2 heterocycles. The molecule has 0 unspecified atom stereocenters. The molecule has 68 heavy (non-hydrogen) atoms. The van der Waals surface area contributed by atoms with E-state index in [1.165, 1.54) is 25.5 Å². The molecular weight excluding hydrogens is 896 g/mol. The Labute approximate surface area is 409 Å². The molecule has 2 saturated carbocycles. The van der Waals surface area contributed by atoms with Crippen molar-refractivity contribution < 1.29 is 57.1 Å². The topological polar surface area (TPSA) is 194 Å². The average molecular weight is 974 g/mol. The zero-order valence-electron chi connectivity index (χ0n) is 40.8. The van der Waals surface area contributed by atoms with Crippen LogP contribution in [0.2, 0.25) is 0 Å². The molecule has 4 aliphatic rings. The van der Waals surface area contributed by atoms with E-state index < -0.39 is 47.8 Å². The largest absolute Gasteiger partial charge is 0.467 e. The molecule has 6 rings (SSSR count). The Morgan fingerprint density at radius 2 is 1.06 bits per heavy atom. The molecule has 2 aromatic carbocycles. The van der Waals surface area contributed by atoms with Crippen LogP contribution in [-0.4, -0.2) is 135 Å². The third-order valence-corrected chi connectivity index (χ3v) is 12.9. The highest BCUT2D eigenvalue weighted by Gasteiger charge is 2.46. The van der Waals surface area contributed by atoms with Crippen LogP contribution in [0.5, 0.6) is 0 Å². The van der Waals surface area contributed by atoms with Gasteiger partial charge in [-0.3, -0.25) is 9.59 Å². The smallest absolute Gasteiger partial charge is 0.408 e. The van der Waals surface area contributed by atoms with Gasteiger partial charge in [-0.15, -0.1) is 12.4 Å². The number of likely N-dealkylation sites (tertiary alicyclic amines) is 2. The molecule has 2 saturated heterocycles. The number of nitrogens with two attached hydrogens (primary N) is 1. The number of hydrogen-bond donors (Lipinski definition) is 2. The summed E-state index contributed by atoms with van der Waals surface area (Å²) in [5, 5.41) is 2.82. The van der Waals surface area contributed by atoms with Crippen LogP contribution in [-0.2, 0) is 65.5 Å². The highest BCUT2D eigenvalue weighted by molar-refractivity contribution is 5.91. The van der Waals surface area contributed by atoms with Crippen LogP contribution in [0.4, 0.5) is 4.79 Å².